The molecule has 6 atom stereocenters. The lowest BCUT2D eigenvalue weighted by Crippen LogP contribution is -2.51. The molecule has 2 amide bonds. The van der Waals surface area contributed by atoms with Crippen LogP contribution in [-0.4, -0.2) is 61.1 Å². The number of hydrogen-bond donors (Lipinski definition) is 2. The number of ether oxygens (including phenoxy) is 1. The van der Waals surface area contributed by atoms with Crippen LogP contribution in [-0.2, 0) is 18.4 Å². The number of amides is 2. The highest BCUT2D eigenvalue weighted by molar-refractivity contribution is 6.00. The van der Waals surface area contributed by atoms with Gasteiger partial charge >= 0.3 is 6.61 Å². The molecule has 3 fully saturated rings. The summed E-state index contributed by atoms with van der Waals surface area (Å²) in [6.07, 6.45) is 7.76. The first kappa shape index (κ1) is 30.3. The number of alkyl halides is 2. The van der Waals surface area contributed by atoms with Crippen molar-refractivity contribution in [3.8, 4) is 17.3 Å². The maximum absolute atomic E-state index is 13.9. The van der Waals surface area contributed by atoms with E-state index in [4.69, 9.17) is 20.4 Å². The zero-order valence-corrected chi connectivity index (χ0v) is 26.8. The molecule has 4 aliphatic rings. The summed E-state index contributed by atoms with van der Waals surface area (Å²) < 4.78 is 36.5. The first-order valence-corrected chi connectivity index (χ1v) is 17.0. The van der Waals surface area contributed by atoms with Gasteiger partial charge in [-0.25, -0.2) is 9.97 Å². The lowest BCUT2D eigenvalue weighted by atomic mass is 9.94. The Kier molecular flexibility index (Phi) is 7.46. The summed E-state index contributed by atoms with van der Waals surface area (Å²) in [4.78, 5) is 38.5. The average Bonchev–Trinajstić information content (AvgIpc) is 3.37. The van der Waals surface area contributed by atoms with Gasteiger partial charge in [0.15, 0.2) is 11.6 Å². The molecular formula is C35H41F2N7O3. The van der Waals surface area contributed by atoms with Crippen molar-refractivity contribution < 1.29 is 23.1 Å². The maximum atomic E-state index is 13.9. The summed E-state index contributed by atoms with van der Waals surface area (Å²) in [6, 6.07) is 8.84. The molecule has 248 valence electrons. The molecule has 5 heterocycles. The standard InChI is InChI=1S/C35H41F2N7O3/c1-18-26-10-8-21-15-28(43(31(21)40-26)11-5-3-4-6-19-13-24(19)33(45)39-18)32-41-27-14-22(16-29(47-35(36)37)30(27)42(32)2)34(46)44-17-25(38)20-7-9-23(44)12-20/h8,10,14-16,18-20,23-25,35H,3-7,9,11-13,17,38H2,1-2H3,(H,39,45)/t18-,19-,20-,23+,24-,25+/m1/s1. The molecule has 1 saturated heterocycles. The van der Waals surface area contributed by atoms with Gasteiger partial charge in [-0.3, -0.25) is 9.59 Å². The normalized spacial score (nSPS) is 27.7. The van der Waals surface area contributed by atoms with Gasteiger partial charge in [-0.05, 0) is 87.6 Å². The second-order valence-electron chi connectivity index (χ2n) is 14.1. The van der Waals surface area contributed by atoms with Crippen LogP contribution in [0.5, 0.6) is 5.75 Å². The van der Waals surface area contributed by atoms with Crippen molar-refractivity contribution in [3.63, 3.8) is 0 Å². The summed E-state index contributed by atoms with van der Waals surface area (Å²) in [6.45, 7) is 0.0366. The minimum Gasteiger partial charge on any atom is -0.432 e. The van der Waals surface area contributed by atoms with E-state index in [2.05, 4.69) is 9.88 Å². The number of benzene rings is 1. The Morgan fingerprint density at radius 1 is 1.06 bits per heavy atom. The highest BCUT2D eigenvalue weighted by atomic mass is 19.3. The summed E-state index contributed by atoms with van der Waals surface area (Å²) in [5.74, 6) is 1.33. The highest BCUT2D eigenvalue weighted by Crippen LogP contribution is 2.43. The third-order valence-electron chi connectivity index (χ3n) is 11.1. The van der Waals surface area contributed by atoms with Gasteiger partial charge < -0.3 is 29.8 Å². The molecule has 2 saturated carbocycles. The minimum atomic E-state index is -3.07. The van der Waals surface area contributed by atoms with Gasteiger partial charge in [0.1, 0.15) is 11.2 Å². The monoisotopic (exact) mass is 645 g/mol. The molecule has 0 unspecified atom stereocenters. The number of pyridine rings is 1. The Morgan fingerprint density at radius 2 is 1.91 bits per heavy atom. The third-order valence-corrected chi connectivity index (χ3v) is 11.1. The number of halogens is 2. The van der Waals surface area contributed by atoms with Crippen molar-refractivity contribution in [1.29, 1.82) is 0 Å². The SMILES string of the molecule is C[C@H]1NC(=O)[C@@H]2C[C@H]2CCCCCn2c(-c3nc4cc(C(=O)N5C[C@H](N)[C@@H]6CC[C@H]5C6)cc(OC(F)F)c4n3C)cc3ccc1nc32. The lowest BCUT2D eigenvalue weighted by Gasteiger charge is -2.37. The molecule has 4 bridgehead atoms. The van der Waals surface area contributed by atoms with E-state index in [1.807, 2.05) is 25.1 Å². The van der Waals surface area contributed by atoms with Gasteiger partial charge in [0.2, 0.25) is 5.91 Å². The van der Waals surface area contributed by atoms with Crippen molar-refractivity contribution in [3.05, 3.63) is 41.6 Å². The number of imidazole rings is 1. The molecule has 12 heteroatoms. The minimum absolute atomic E-state index is 0.0896. The molecule has 3 aromatic heterocycles. The number of likely N-dealkylation sites (tertiary alicyclic amines) is 1. The maximum Gasteiger partial charge on any atom is 0.387 e. The third kappa shape index (κ3) is 5.34. The zero-order chi connectivity index (χ0) is 32.6. The molecule has 4 aromatic rings. The van der Waals surface area contributed by atoms with Crippen LogP contribution < -0.4 is 15.8 Å². The first-order valence-electron chi connectivity index (χ1n) is 17.0. The predicted octanol–water partition coefficient (Wildman–Crippen LogP) is 5.53. The smallest absolute Gasteiger partial charge is 0.387 e. The van der Waals surface area contributed by atoms with Crippen LogP contribution in [0.25, 0.3) is 33.6 Å². The Hall–Kier alpha value is -4.06. The van der Waals surface area contributed by atoms with Gasteiger partial charge in [-0.2, -0.15) is 8.78 Å². The molecule has 0 spiro atoms. The number of nitrogens with two attached hydrogens (primary N) is 1. The summed E-state index contributed by atoms with van der Waals surface area (Å²) >= 11 is 0. The fourth-order valence-electron chi connectivity index (χ4n) is 8.38. The molecule has 1 aromatic carbocycles. The molecule has 2 aliphatic carbocycles. The molecule has 0 radical (unpaired) electrons. The number of carbonyl (C=O) groups excluding carboxylic acids is 2. The summed E-state index contributed by atoms with van der Waals surface area (Å²) in [7, 11) is 1.78. The quantitative estimate of drug-likeness (QED) is 0.301. The largest absolute Gasteiger partial charge is 0.432 e. The van der Waals surface area contributed by atoms with Crippen molar-refractivity contribution >= 4 is 33.9 Å². The van der Waals surface area contributed by atoms with Gasteiger partial charge in [0, 0.05) is 49.1 Å². The van der Waals surface area contributed by atoms with Gasteiger partial charge in [0.25, 0.3) is 5.91 Å². The second kappa shape index (κ2) is 11.6. The number of aromatic nitrogens is 4. The van der Waals surface area contributed by atoms with Crippen molar-refractivity contribution in [2.75, 3.05) is 6.54 Å². The van der Waals surface area contributed by atoms with E-state index in [1.54, 1.807) is 22.6 Å². The number of nitrogens with one attached hydrogen (secondary N) is 1. The molecule has 2 aliphatic heterocycles. The van der Waals surface area contributed by atoms with E-state index in [-0.39, 0.29) is 47.2 Å². The molecule has 8 rings (SSSR count). The van der Waals surface area contributed by atoms with E-state index in [0.29, 0.717) is 41.8 Å². The number of fused-ring (bicyclic) bond motifs is 5. The van der Waals surface area contributed by atoms with Crippen LogP contribution in [0.2, 0.25) is 0 Å². The van der Waals surface area contributed by atoms with E-state index < -0.39 is 6.61 Å². The van der Waals surface area contributed by atoms with Gasteiger partial charge in [-0.1, -0.05) is 12.8 Å². The fraction of sp³-hybridized carbons (Fsp3) is 0.543. The highest BCUT2D eigenvalue weighted by Gasteiger charge is 2.43. The Labute approximate surface area is 271 Å². The van der Waals surface area contributed by atoms with Crippen LogP contribution in [0.3, 0.4) is 0 Å². The van der Waals surface area contributed by atoms with Crippen LogP contribution in [0, 0.1) is 17.8 Å². The van der Waals surface area contributed by atoms with Crippen LogP contribution in [0.15, 0.2) is 30.3 Å². The number of nitrogens with zero attached hydrogens (tertiary/aromatic N) is 5. The van der Waals surface area contributed by atoms with Crippen molar-refractivity contribution in [2.24, 2.45) is 30.5 Å². The summed E-state index contributed by atoms with van der Waals surface area (Å²) in [5, 5.41) is 4.08. The Balaban J connectivity index is 1.21. The first-order chi connectivity index (χ1) is 22.7. The number of rotatable bonds is 4. The van der Waals surface area contributed by atoms with Crippen LogP contribution in [0.4, 0.5) is 8.78 Å². The second-order valence-corrected chi connectivity index (χ2v) is 14.1. The number of aryl methyl sites for hydroxylation is 2. The number of hydrogen-bond acceptors (Lipinski definition) is 6. The van der Waals surface area contributed by atoms with E-state index in [0.717, 1.165) is 73.8 Å². The van der Waals surface area contributed by atoms with Gasteiger partial charge in [0.05, 0.1) is 22.9 Å². The number of carbonyl (C=O) groups is 2. The van der Waals surface area contributed by atoms with Crippen LogP contribution >= 0.6 is 0 Å². The fourth-order valence-corrected chi connectivity index (χ4v) is 8.38. The number of piperidine rings is 1. The van der Waals surface area contributed by atoms with E-state index >= 15 is 0 Å². The zero-order valence-electron chi connectivity index (χ0n) is 26.8. The predicted molar refractivity (Wildman–Crippen MR) is 173 cm³/mol. The molecule has 47 heavy (non-hydrogen) atoms. The lowest BCUT2D eigenvalue weighted by molar-refractivity contribution is -0.123. The molecular weight excluding hydrogens is 604 g/mol. The van der Waals surface area contributed by atoms with E-state index in [9.17, 15) is 18.4 Å². The molecule has 3 N–H and O–H groups in total. The molecule has 10 nitrogen and oxygen atoms in total. The van der Waals surface area contributed by atoms with Crippen molar-refractivity contribution in [2.45, 2.75) is 89.6 Å². The van der Waals surface area contributed by atoms with E-state index in [1.165, 1.54) is 6.07 Å². The Bertz CT molecular complexity index is 1890. The van der Waals surface area contributed by atoms with Gasteiger partial charge in [-0.15, -0.1) is 0 Å². The van der Waals surface area contributed by atoms with Crippen molar-refractivity contribution in [1.82, 2.24) is 29.3 Å². The van der Waals surface area contributed by atoms with Crippen LogP contribution in [0.1, 0.15) is 80.4 Å². The topological polar surface area (TPSA) is 120 Å². The Morgan fingerprint density at radius 3 is 2.74 bits per heavy atom. The average molecular weight is 646 g/mol. The summed E-state index contributed by atoms with van der Waals surface area (Å²) in [5.41, 5.74) is 9.79.